The summed E-state index contributed by atoms with van der Waals surface area (Å²) in [5.74, 6) is -1.61. The maximum Gasteiger partial charge on any atom is 0.358 e. The SMILES string of the molecule is CCOC=Cc1nc(C(=O)OC)c(Cl)c(N)c1F. The summed E-state index contributed by atoms with van der Waals surface area (Å²) in [7, 11) is 1.16. The average molecular weight is 275 g/mol. The molecule has 1 aromatic heterocycles. The van der Waals surface area contributed by atoms with Crippen LogP contribution >= 0.6 is 11.6 Å². The van der Waals surface area contributed by atoms with Crippen LogP contribution in [-0.4, -0.2) is 24.7 Å². The number of anilines is 1. The molecule has 0 unspecified atom stereocenters. The molecule has 0 amide bonds. The molecule has 0 aromatic carbocycles. The summed E-state index contributed by atoms with van der Waals surface area (Å²) in [4.78, 5) is 15.1. The molecule has 0 atom stereocenters. The number of methoxy groups -OCH3 is 1. The van der Waals surface area contributed by atoms with Crippen LogP contribution in [0.2, 0.25) is 5.02 Å². The van der Waals surface area contributed by atoms with Gasteiger partial charge in [-0.25, -0.2) is 14.2 Å². The number of nitrogens with zero attached hydrogens (tertiary/aromatic N) is 1. The fourth-order valence-electron chi connectivity index (χ4n) is 1.13. The second-order valence-electron chi connectivity index (χ2n) is 3.14. The molecule has 0 bridgehead atoms. The predicted octanol–water partition coefficient (Wildman–Crippen LogP) is 2.25. The first kappa shape index (κ1) is 14.2. The van der Waals surface area contributed by atoms with Crippen molar-refractivity contribution < 1.29 is 18.7 Å². The van der Waals surface area contributed by atoms with Gasteiger partial charge >= 0.3 is 5.97 Å². The lowest BCUT2D eigenvalue weighted by Crippen LogP contribution is -2.10. The number of nitrogens with two attached hydrogens (primary N) is 1. The van der Waals surface area contributed by atoms with E-state index in [9.17, 15) is 9.18 Å². The number of hydrogen-bond donors (Lipinski definition) is 1. The van der Waals surface area contributed by atoms with Gasteiger partial charge < -0.3 is 15.2 Å². The normalized spacial score (nSPS) is 10.7. The monoisotopic (exact) mass is 274 g/mol. The Hall–Kier alpha value is -1.82. The summed E-state index contributed by atoms with van der Waals surface area (Å²) < 4.78 is 23.1. The van der Waals surface area contributed by atoms with Crippen LogP contribution in [0.5, 0.6) is 0 Å². The van der Waals surface area contributed by atoms with Crippen molar-refractivity contribution in [3.05, 3.63) is 28.5 Å². The maximum atomic E-state index is 13.7. The number of esters is 1. The molecule has 0 spiro atoms. The van der Waals surface area contributed by atoms with E-state index >= 15 is 0 Å². The highest BCUT2D eigenvalue weighted by Gasteiger charge is 2.20. The first-order valence-corrected chi connectivity index (χ1v) is 5.41. The van der Waals surface area contributed by atoms with E-state index in [4.69, 9.17) is 22.1 Å². The molecule has 0 saturated carbocycles. The fourth-order valence-corrected chi connectivity index (χ4v) is 1.33. The number of halogens is 2. The molecule has 18 heavy (non-hydrogen) atoms. The summed E-state index contributed by atoms with van der Waals surface area (Å²) in [6.45, 7) is 2.19. The van der Waals surface area contributed by atoms with E-state index in [-0.39, 0.29) is 22.1 Å². The van der Waals surface area contributed by atoms with Crippen LogP contribution in [0, 0.1) is 5.82 Å². The first-order chi connectivity index (χ1) is 8.52. The summed E-state index contributed by atoms with van der Waals surface area (Å²) in [5.41, 5.74) is 4.70. The maximum absolute atomic E-state index is 13.7. The molecular formula is C11H12ClFN2O3. The van der Waals surface area contributed by atoms with Gasteiger partial charge in [0.25, 0.3) is 0 Å². The molecule has 5 nitrogen and oxygen atoms in total. The summed E-state index contributed by atoms with van der Waals surface area (Å²) in [6.07, 6.45) is 2.50. The Kier molecular flexibility index (Phi) is 4.91. The van der Waals surface area contributed by atoms with E-state index in [1.807, 2.05) is 0 Å². The minimum Gasteiger partial charge on any atom is -0.501 e. The van der Waals surface area contributed by atoms with Gasteiger partial charge in [-0.05, 0) is 6.92 Å². The van der Waals surface area contributed by atoms with Crippen molar-refractivity contribution in [3.8, 4) is 0 Å². The Bertz CT molecular complexity index is 492. The van der Waals surface area contributed by atoms with Gasteiger partial charge in [0.1, 0.15) is 5.69 Å². The zero-order valence-corrected chi connectivity index (χ0v) is 10.6. The average Bonchev–Trinajstić information content (AvgIpc) is 2.38. The molecule has 0 fully saturated rings. The predicted molar refractivity (Wildman–Crippen MR) is 65.6 cm³/mol. The number of ether oxygens (including phenoxy) is 2. The zero-order valence-electron chi connectivity index (χ0n) is 9.87. The van der Waals surface area contributed by atoms with E-state index in [2.05, 4.69) is 9.72 Å². The first-order valence-electron chi connectivity index (χ1n) is 5.03. The van der Waals surface area contributed by atoms with Crippen LogP contribution in [0.4, 0.5) is 10.1 Å². The quantitative estimate of drug-likeness (QED) is 0.673. The van der Waals surface area contributed by atoms with E-state index < -0.39 is 11.8 Å². The van der Waals surface area contributed by atoms with Gasteiger partial charge in [-0.1, -0.05) is 11.6 Å². The summed E-state index contributed by atoms with van der Waals surface area (Å²) >= 11 is 5.72. The largest absolute Gasteiger partial charge is 0.501 e. The number of carbonyl (C=O) groups is 1. The Morgan fingerprint density at radius 2 is 2.28 bits per heavy atom. The van der Waals surface area contributed by atoms with Gasteiger partial charge in [-0.3, -0.25) is 0 Å². The van der Waals surface area contributed by atoms with Crippen LogP contribution in [-0.2, 0) is 9.47 Å². The molecule has 1 heterocycles. The van der Waals surface area contributed by atoms with Gasteiger partial charge in [0.2, 0.25) is 0 Å². The third kappa shape index (κ3) is 2.89. The van der Waals surface area contributed by atoms with Gasteiger partial charge in [0.15, 0.2) is 11.5 Å². The molecule has 0 radical (unpaired) electrons. The van der Waals surface area contributed by atoms with E-state index in [1.54, 1.807) is 6.92 Å². The molecule has 0 saturated heterocycles. The Morgan fingerprint density at radius 3 is 2.83 bits per heavy atom. The molecule has 0 aliphatic heterocycles. The second-order valence-corrected chi connectivity index (χ2v) is 3.51. The van der Waals surface area contributed by atoms with E-state index in [0.29, 0.717) is 6.61 Å². The van der Waals surface area contributed by atoms with Crippen molar-refractivity contribution in [1.29, 1.82) is 0 Å². The Labute approximate surface area is 108 Å². The highest BCUT2D eigenvalue weighted by molar-refractivity contribution is 6.35. The lowest BCUT2D eigenvalue weighted by Gasteiger charge is -2.07. The fraction of sp³-hybridized carbons (Fsp3) is 0.273. The number of rotatable bonds is 4. The third-order valence-electron chi connectivity index (χ3n) is 2.01. The van der Waals surface area contributed by atoms with Gasteiger partial charge in [0.05, 0.1) is 30.7 Å². The van der Waals surface area contributed by atoms with Crippen molar-refractivity contribution in [2.75, 3.05) is 19.5 Å². The number of carbonyl (C=O) groups excluding carboxylic acids is 1. The Balaban J connectivity index is 3.27. The molecule has 2 N–H and O–H groups in total. The second kappa shape index (κ2) is 6.20. The third-order valence-corrected chi connectivity index (χ3v) is 2.39. The van der Waals surface area contributed by atoms with Crippen molar-refractivity contribution in [2.45, 2.75) is 6.92 Å². The zero-order chi connectivity index (χ0) is 13.7. The lowest BCUT2D eigenvalue weighted by atomic mass is 10.2. The summed E-state index contributed by atoms with van der Waals surface area (Å²) in [6, 6.07) is 0. The number of pyridine rings is 1. The molecule has 0 aliphatic rings. The minimum absolute atomic E-state index is 0.147. The molecule has 98 valence electrons. The molecule has 0 aliphatic carbocycles. The van der Waals surface area contributed by atoms with Crippen molar-refractivity contribution in [1.82, 2.24) is 4.98 Å². The molecule has 1 aromatic rings. The molecular weight excluding hydrogens is 263 g/mol. The van der Waals surface area contributed by atoms with Crippen molar-refractivity contribution in [2.24, 2.45) is 0 Å². The van der Waals surface area contributed by atoms with Crippen molar-refractivity contribution >= 4 is 29.3 Å². The molecule has 1 rings (SSSR count). The standard InChI is InChI=1S/C11H12ClFN2O3/c1-3-18-5-4-6-8(13)9(14)7(12)10(15-6)11(16)17-2/h4-5H,3H2,1-2H3,(H2,14,15). The molecule has 7 heteroatoms. The number of aromatic nitrogens is 1. The lowest BCUT2D eigenvalue weighted by molar-refractivity contribution is 0.0594. The van der Waals surface area contributed by atoms with Crippen LogP contribution in [0.1, 0.15) is 23.1 Å². The van der Waals surface area contributed by atoms with E-state index in [0.717, 1.165) is 7.11 Å². The van der Waals surface area contributed by atoms with Crippen LogP contribution in [0.25, 0.3) is 6.08 Å². The van der Waals surface area contributed by atoms with Gasteiger partial charge in [-0.15, -0.1) is 0 Å². The minimum atomic E-state index is -0.816. The number of hydrogen-bond acceptors (Lipinski definition) is 5. The topological polar surface area (TPSA) is 74.4 Å². The van der Waals surface area contributed by atoms with Crippen LogP contribution in [0.3, 0.4) is 0 Å². The number of nitrogen functional groups attached to an aromatic ring is 1. The van der Waals surface area contributed by atoms with E-state index in [1.165, 1.54) is 12.3 Å². The Morgan fingerprint density at radius 1 is 1.61 bits per heavy atom. The highest BCUT2D eigenvalue weighted by atomic mass is 35.5. The smallest absolute Gasteiger partial charge is 0.358 e. The van der Waals surface area contributed by atoms with Gasteiger partial charge in [-0.2, -0.15) is 0 Å². The van der Waals surface area contributed by atoms with Crippen LogP contribution in [0.15, 0.2) is 6.26 Å². The van der Waals surface area contributed by atoms with Crippen molar-refractivity contribution in [3.63, 3.8) is 0 Å². The summed E-state index contributed by atoms with van der Waals surface area (Å²) in [5, 5.41) is -0.270. The highest BCUT2D eigenvalue weighted by Crippen LogP contribution is 2.27. The van der Waals surface area contributed by atoms with Gasteiger partial charge in [0, 0.05) is 6.08 Å². The van der Waals surface area contributed by atoms with Crippen LogP contribution < -0.4 is 5.73 Å².